The van der Waals surface area contributed by atoms with Gasteiger partial charge in [0.15, 0.2) is 0 Å². The van der Waals surface area contributed by atoms with Gasteiger partial charge in [0.2, 0.25) is 11.8 Å². The minimum atomic E-state index is -0.296. The molecule has 0 aromatic carbocycles. The van der Waals surface area contributed by atoms with Crippen LogP contribution in [0.25, 0.3) is 0 Å². The van der Waals surface area contributed by atoms with Crippen LogP contribution in [0.4, 0.5) is 0 Å². The summed E-state index contributed by atoms with van der Waals surface area (Å²) < 4.78 is 0. The lowest BCUT2D eigenvalue weighted by atomic mass is 10.0. The molecular formula is C12H19N3O2. The molecule has 1 fully saturated rings. The van der Waals surface area contributed by atoms with E-state index in [-0.39, 0.29) is 30.4 Å². The first-order valence-corrected chi connectivity index (χ1v) is 5.75. The van der Waals surface area contributed by atoms with Gasteiger partial charge >= 0.3 is 0 Å². The van der Waals surface area contributed by atoms with Crippen LogP contribution >= 0.6 is 0 Å². The van der Waals surface area contributed by atoms with Crippen molar-refractivity contribution in [2.75, 3.05) is 20.1 Å². The Morgan fingerprint density at radius 2 is 2.41 bits per heavy atom. The Balaban J connectivity index is 2.36. The number of amides is 2. The van der Waals surface area contributed by atoms with Crippen LogP contribution < -0.4 is 10.6 Å². The normalized spacial score (nSPS) is 21.8. The summed E-state index contributed by atoms with van der Waals surface area (Å²) in [5.74, 6) is 2.41. The molecule has 2 atom stereocenters. The maximum Gasteiger partial charge on any atom is 0.237 e. The van der Waals surface area contributed by atoms with E-state index in [2.05, 4.69) is 16.6 Å². The average Bonchev–Trinajstić information content (AvgIpc) is 2.30. The van der Waals surface area contributed by atoms with Crippen LogP contribution in [0.15, 0.2) is 0 Å². The summed E-state index contributed by atoms with van der Waals surface area (Å²) in [5, 5.41) is 5.83. The van der Waals surface area contributed by atoms with Crippen LogP contribution in [0.3, 0.4) is 0 Å². The predicted molar refractivity (Wildman–Crippen MR) is 65.1 cm³/mol. The molecule has 5 heteroatoms. The van der Waals surface area contributed by atoms with Crippen molar-refractivity contribution < 1.29 is 9.59 Å². The molecule has 0 saturated carbocycles. The van der Waals surface area contributed by atoms with Gasteiger partial charge in [0.25, 0.3) is 0 Å². The van der Waals surface area contributed by atoms with Crippen molar-refractivity contribution in [1.29, 1.82) is 0 Å². The third kappa shape index (κ3) is 4.08. The number of likely N-dealkylation sites (tertiary alicyclic amines) is 1. The second-order valence-electron chi connectivity index (χ2n) is 4.32. The number of terminal acetylenes is 1. The molecule has 2 N–H and O–H groups in total. The number of nitrogens with one attached hydrogen (secondary N) is 2. The number of hydrogen-bond donors (Lipinski definition) is 2. The summed E-state index contributed by atoms with van der Waals surface area (Å²) in [4.78, 5) is 24.6. The molecule has 1 rings (SSSR count). The van der Waals surface area contributed by atoms with Gasteiger partial charge < -0.3 is 15.5 Å². The van der Waals surface area contributed by atoms with Crippen molar-refractivity contribution in [3.05, 3.63) is 0 Å². The lowest BCUT2D eigenvalue weighted by Crippen LogP contribution is -2.53. The number of hydrogen-bond acceptors (Lipinski definition) is 3. The third-order valence-corrected chi connectivity index (χ3v) is 2.87. The molecule has 17 heavy (non-hydrogen) atoms. The van der Waals surface area contributed by atoms with Gasteiger partial charge in [-0.1, -0.05) is 5.92 Å². The van der Waals surface area contributed by atoms with Gasteiger partial charge in [0.1, 0.15) is 0 Å². The van der Waals surface area contributed by atoms with E-state index in [9.17, 15) is 9.59 Å². The molecule has 1 heterocycles. The summed E-state index contributed by atoms with van der Waals surface area (Å²) >= 11 is 0. The first-order valence-electron chi connectivity index (χ1n) is 5.75. The number of rotatable bonds is 4. The lowest BCUT2D eigenvalue weighted by Gasteiger charge is -2.31. The van der Waals surface area contributed by atoms with Crippen LogP contribution in [0.2, 0.25) is 0 Å². The predicted octanol–water partition coefficient (Wildman–Crippen LogP) is -0.665. The highest BCUT2D eigenvalue weighted by atomic mass is 16.2. The number of nitrogens with zero attached hydrogens (tertiary/aromatic N) is 1. The van der Waals surface area contributed by atoms with Gasteiger partial charge in [0.05, 0.1) is 12.6 Å². The second-order valence-corrected chi connectivity index (χ2v) is 4.32. The molecule has 0 aromatic heterocycles. The smallest absolute Gasteiger partial charge is 0.237 e. The third-order valence-electron chi connectivity index (χ3n) is 2.87. The molecule has 5 nitrogen and oxygen atoms in total. The summed E-state index contributed by atoms with van der Waals surface area (Å²) in [6, 6.07) is -0.126. The van der Waals surface area contributed by atoms with Gasteiger partial charge in [-0.2, -0.15) is 0 Å². The number of likely N-dealkylation sites (N-methyl/N-ethyl adjacent to an activating group) is 1. The fraction of sp³-hybridized carbons (Fsp3) is 0.667. The highest BCUT2D eigenvalue weighted by molar-refractivity contribution is 5.81. The molecule has 1 saturated heterocycles. The van der Waals surface area contributed by atoms with Crippen molar-refractivity contribution >= 4 is 11.8 Å². The molecule has 0 spiro atoms. The summed E-state index contributed by atoms with van der Waals surface area (Å²) in [6.45, 7) is 2.68. The summed E-state index contributed by atoms with van der Waals surface area (Å²) in [5.41, 5.74) is 0. The Hall–Kier alpha value is -1.54. The zero-order chi connectivity index (χ0) is 12.8. The minimum absolute atomic E-state index is 0.109. The van der Waals surface area contributed by atoms with Crippen LogP contribution in [0, 0.1) is 12.3 Å². The maximum absolute atomic E-state index is 11.6. The van der Waals surface area contributed by atoms with E-state index in [0.29, 0.717) is 13.0 Å². The van der Waals surface area contributed by atoms with Crippen molar-refractivity contribution in [2.45, 2.75) is 31.8 Å². The summed E-state index contributed by atoms with van der Waals surface area (Å²) in [6.07, 6.45) is 6.37. The van der Waals surface area contributed by atoms with E-state index in [1.54, 1.807) is 18.9 Å². The Kier molecular flexibility index (Phi) is 4.98. The first-order chi connectivity index (χ1) is 8.04. The van der Waals surface area contributed by atoms with Crippen molar-refractivity contribution in [2.24, 2.45) is 0 Å². The van der Waals surface area contributed by atoms with Crippen LogP contribution in [-0.4, -0.2) is 48.9 Å². The fourth-order valence-corrected chi connectivity index (χ4v) is 1.87. The van der Waals surface area contributed by atoms with E-state index < -0.39 is 0 Å². The van der Waals surface area contributed by atoms with E-state index in [4.69, 9.17) is 6.42 Å². The van der Waals surface area contributed by atoms with Crippen molar-refractivity contribution in [3.63, 3.8) is 0 Å². The Bertz CT molecular complexity index is 335. The van der Waals surface area contributed by atoms with Crippen molar-refractivity contribution in [3.8, 4) is 12.3 Å². The Morgan fingerprint density at radius 1 is 1.71 bits per heavy atom. The molecule has 2 amide bonds. The Labute approximate surface area is 102 Å². The molecule has 2 unspecified atom stereocenters. The van der Waals surface area contributed by atoms with Crippen LogP contribution in [0.1, 0.15) is 19.8 Å². The van der Waals surface area contributed by atoms with Crippen molar-refractivity contribution in [1.82, 2.24) is 15.5 Å². The quantitative estimate of drug-likeness (QED) is 0.638. The van der Waals surface area contributed by atoms with Crippen LogP contribution in [-0.2, 0) is 9.59 Å². The molecule has 0 aromatic rings. The van der Waals surface area contributed by atoms with E-state index >= 15 is 0 Å². The van der Waals surface area contributed by atoms with Crippen LogP contribution in [0.5, 0.6) is 0 Å². The van der Waals surface area contributed by atoms with Gasteiger partial charge in [0, 0.05) is 26.1 Å². The largest absolute Gasteiger partial charge is 0.344 e. The van der Waals surface area contributed by atoms with E-state index in [1.165, 1.54) is 0 Å². The molecule has 1 aliphatic rings. The molecular weight excluding hydrogens is 218 g/mol. The molecule has 0 radical (unpaired) electrons. The van der Waals surface area contributed by atoms with E-state index in [1.807, 2.05) is 0 Å². The monoisotopic (exact) mass is 237 g/mol. The Morgan fingerprint density at radius 3 is 3.00 bits per heavy atom. The lowest BCUT2D eigenvalue weighted by molar-refractivity contribution is -0.132. The number of carbonyl (C=O) groups is 2. The van der Waals surface area contributed by atoms with Gasteiger partial charge in [-0.05, 0) is 13.3 Å². The highest BCUT2D eigenvalue weighted by Crippen LogP contribution is 2.10. The maximum atomic E-state index is 11.6. The summed E-state index contributed by atoms with van der Waals surface area (Å²) in [7, 11) is 1.78. The molecule has 0 aliphatic carbocycles. The van der Waals surface area contributed by atoms with E-state index in [0.717, 1.165) is 6.42 Å². The topological polar surface area (TPSA) is 61.4 Å². The number of carbonyl (C=O) groups excluding carboxylic acids is 2. The van der Waals surface area contributed by atoms with Gasteiger partial charge in [-0.25, -0.2) is 0 Å². The highest BCUT2D eigenvalue weighted by Gasteiger charge is 2.25. The number of piperidine rings is 1. The standard InChI is InChI=1S/C12H19N3O2/c1-4-7-13-12(17)9(2)14-10-5-6-11(16)15(3)8-10/h1,9-10,14H,5-8H2,2-3H3,(H,13,17). The zero-order valence-corrected chi connectivity index (χ0v) is 10.3. The molecule has 0 bridgehead atoms. The second kappa shape index (κ2) is 6.26. The fourth-order valence-electron chi connectivity index (χ4n) is 1.87. The first kappa shape index (κ1) is 13.5. The minimum Gasteiger partial charge on any atom is -0.344 e. The average molecular weight is 237 g/mol. The zero-order valence-electron chi connectivity index (χ0n) is 10.3. The van der Waals surface area contributed by atoms with Gasteiger partial charge in [-0.3, -0.25) is 9.59 Å². The van der Waals surface area contributed by atoms with Gasteiger partial charge in [-0.15, -0.1) is 6.42 Å². The molecule has 94 valence electrons. The molecule has 1 aliphatic heterocycles. The SMILES string of the molecule is C#CCNC(=O)C(C)NC1CCC(=O)N(C)C1.